The first kappa shape index (κ1) is 27.6. The second-order valence-electron chi connectivity index (χ2n) is 9.54. The summed E-state index contributed by atoms with van der Waals surface area (Å²) >= 11 is 12.1. The summed E-state index contributed by atoms with van der Waals surface area (Å²) in [5.41, 5.74) is 12.2. The molecule has 204 valence electrons. The van der Waals surface area contributed by atoms with E-state index in [4.69, 9.17) is 23.8 Å². The van der Waals surface area contributed by atoms with Gasteiger partial charge >= 0.3 is 0 Å². The van der Waals surface area contributed by atoms with Gasteiger partial charge in [-0.1, -0.05) is 90.5 Å². The molecule has 9 heteroatoms. The summed E-state index contributed by atoms with van der Waals surface area (Å²) in [7, 11) is 0. The largest absolute Gasteiger partial charge is 0.395 e. The average Bonchev–Trinajstić information content (AvgIpc) is 3.13. The molecule has 1 amide bonds. The summed E-state index contributed by atoms with van der Waals surface area (Å²) in [6, 6.07) is 27.9. The fourth-order valence-electron chi connectivity index (χ4n) is 4.97. The Morgan fingerprint density at radius 2 is 1.60 bits per heavy atom. The molecule has 5 rings (SSSR count). The van der Waals surface area contributed by atoms with Gasteiger partial charge in [0.25, 0.3) is 5.91 Å². The molecule has 0 atom stereocenters. The van der Waals surface area contributed by atoms with E-state index >= 15 is 0 Å². The number of rotatable bonds is 8. The number of carbonyl (C=O) groups excluding carboxylic acids is 1. The van der Waals surface area contributed by atoms with Gasteiger partial charge in [-0.05, 0) is 58.9 Å². The van der Waals surface area contributed by atoms with Gasteiger partial charge in [-0.25, -0.2) is 4.98 Å². The van der Waals surface area contributed by atoms with Crippen LogP contribution in [0.4, 0.5) is 5.82 Å². The number of carbonyl (C=O) groups is 1. The first-order chi connectivity index (χ1) is 19.5. The van der Waals surface area contributed by atoms with Crippen molar-refractivity contribution in [3.05, 3.63) is 130 Å². The van der Waals surface area contributed by atoms with Gasteiger partial charge < -0.3 is 15.3 Å². The molecule has 1 aromatic heterocycles. The number of fused-ring (bicyclic) bond motifs is 2. The smallest absolute Gasteiger partial charge is 0.255 e. The molecule has 1 heterocycles. The molecule has 0 fully saturated rings. The highest BCUT2D eigenvalue weighted by Gasteiger charge is 2.24. The number of amides is 1. The van der Waals surface area contributed by atoms with Crippen LogP contribution in [0, 0.1) is 0 Å². The molecule has 3 aromatic carbocycles. The number of benzene rings is 3. The Morgan fingerprint density at radius 3 is 2.23 bits per heavy atom. The molecular weight excluding hydrogens is 542 g/mol. The van der Waals surface area contributed by atoms with Gasteiger partial charge in [-0.3, -0.25) is 15.6 Å². The van der Waals surface area contributed by atoms with Crippen molar-refractivity contribution in [1.82, 2.24) is 20.6 Å². The molecule has 0 radical (unpaired) electrons. The van der Waals surface area contributed by atoms with E-state index in [0.717, 1.165) is 18.4 Å². The fraction of sp³-hybridized carbons (Fsp3) is 0.194. The SMILES string of the molecule is O=C(c1cnc(NNC(=S)NC2c3ccccc3CCc3ccccc32)c(Cl)c1)N(CCO)Cc1ccccc1. The van der Waals surface area contributed by atoms with Crippen LogP contribution in [0.15, 0.2) is 91.1 Å². The lowest BCUT2D eigenvalue weighted by molar-refractivity contribution is 0.0707. The van der Waals surface area contributed by atoms with E-state index in [1.54, 1.807) is 11.0 Å². The Labute approximate surface area is 244 Å². The number of hydrazine groups is 1. The Bertz CT molecular complexity index is 1450. The molecular formula is C31H30ClN5O2S. The van der Waals surface area contributed by atoms with Gasteiger partial charge in [-0.15, -0.1) is 0 Å². The van der Waals surface area contributed by atoms with E-state index < -0.39 is 0 Å². The maximum Gasteiger partial charge on any atom is 0.255 e. The molecule has 4 aromatic rings. The number of aliphatic hydroxyl groups excluding tert-OH is 1. The van der Waals surface area contributed by atoms with Crippen molar-refractivity contribution in [2.24, 2.45) is 0 Å². The summed E-state index contributed by atoms with van der Waals surface area (Å²) < 4.78 is 0. The molecule has 7 nitrogen and oxygen atoms in total. The van der Waals surface area contributed by atoms with Gasteiger partial charge in [0.15, 0.2) is 10.9 Å². The van der Waals surface area contributed by atoms with Gasteiger partial charge in [-0.2, -0.15) is 0 Å². The van der Waals surface area contributed by atoms with Crippen LogP contribution in [0.1, 0.15) is 44.2 Å². The van der Waals surface area contributed by atoms with E-state index in [1.807, 2.05) is 42.5 Å². The number of aliphatic hydroxyl groups is 1. The normalized spacial score (nSPS) is 12.4. The third kappa shape index (κ3) is 6.42. The van der Waals surface area contributed by atoms with Crippen LogP contribution in [0.2, 0.25) is 5.02 Å². The molecule has 0 unspecified atom stereocenters. The second-order valence-corrected chi connectivity index (χ2v) is 10.4. The molecule has 40 heavy (non-hydrogen) atoms. The van der Waals surface area contributed by atoms with Crippen molar-refractivity contribution >= 4 is 40.7 Å². The summed E-state index contributed by atoms with van der Waals surface area (Å²) in [5, 5.41) is 13.6. The number of anilines is 1. The summed E-state index contributed by atoms with van der Waals surface area (Å²) in [4.78, 5) is 19.1. The Balaban J connectivity index is 1.26. The Morgan fingerprint density at radius 1 is 0.975 bits per heavy atom. The number of nitrogens with one attached hydrogen (secondary N) is 3. The lowest BCUT2D eigenvalue weighted by atomic mass is 9.95. The molecule has 0 saturated heterocycles. The zero-order valence-electron chi connectivity index (χ0n) is 21.8. The first-order valence-corrected chi connectivity index (χ1v) is 13.9. The third-order valence-corrected chi connectivity index (χ3v) is 7.44. The lowest BCUT2D eigenvalue weighted by Crippen LogP contribution is -2.41. The Kier molecular flexibility index (Phi) is 8.91. The van der Waals surface area contributed by atoms with Crippen LogP contribution >= 0.6 is 23.8 Å². The predicted octanol–water partition coefficient (Wildman–Crippen LogP) is 5.05. The van der Waals surface area contributed by atoms with E-state index in [9.17, 15) is 9.90 Å². The zero-order valence-corrected chi connectivity index (χ0v) is 23.4. The van der Waals surface area contributed by atoms with Crippen molar-refractivity contribution in [2.75, 3.05) is 18.6 Å². The number of halogens is 1. The molecule has 0 bridgehead atoms. The van der Waals surface area contributed by atoms with E-state index in [0.29, 0.717) is 23.0 Å². The Hall–Kier alpha value is -3.98. The van der Waals surface area contributed by atoms with Crippen molar-refractivity contribution in [1.29, 1.82) is 0 Å². The van der Waals surface area contributed by atoms with Crippen LogP contribution in [0.3, 0.4) is 0 Å². The standard InChI is InChI=1S/C31H30ClN5O2S/c32-27-18-24(30(39)37(16-17-38)20-21-8-2-1-3-9-21)19-33-29(27)35-36-31(40)34-28-25-12-6-4-10-22(25)14-15-23-11-5-7-13-26(23)28/h1-13,18-19,28,38H,14-17,20H2,(H,33,35)(H2,34,36,40). The van der Waals surface area contributed by atoms with Gasteiger partial charge in [0.2, 0.25) is 0 Å². The number of aromatic nitrogens is 1. The zero-order chi connectivity index (χ0) is 27.9. The molecule has 0 spiro atoms. The molecule has 0 saturated carbocycles. The maximum absolute atomic E-state index is 13.2. The van der Waals surface area contributed by atoms with E-state index in [1.165, 1.54) is 28.5 Å². The monoisotopic (exact) mass is 571 g/mol. The quantitative estimate of drug-likeness (QED) is 0.174. The molecule has 0 aliphatic heterocycles. The van der Waals surface area contributed by atoms with Crippen molar-refractivity contribution in [3.63, 3.8) is 0 Å². The minimum absolute atomic E-state index is 0.109. The average molecular weight is 572 g/mol. The number of aryl methyl sites for hydroxylation is 2. The molecule has 1 aliphatic carbocycles. The number of hydrogen-bond donors (Lipinski definition) is 4. The highest BCUT2D eigenvalue weighted by molar-refractivity contribution is 7.80. The summed E-state index contributed by atoms with van der Waals surface area (Å²) in [6.07, 6.45) is 3.40. The number of thiocarbonyl (C=S) groups is 1. The van der Waals surface area contributed by atoms with Crippen molar-refractivity contribution in [2.45, 2.75) is 25.4 Å². The van der Waals surface area contributed by atoms with Crippen molar-refractivity contribution in [3.8, 4) is 0 Å². The first-order valence-electron chi connectivity index (χ1n) is 13.1. The van der Waals surface area contributed by atoms with Gasteiger partial charge in [0.05, 0.1) is 23.2 Å². The van der Waals surface area contributed by atoms with Crippen LogP contribution in [-0.2, 0) is 19.4 Å². The number of nitrogens with zero attached hydrogens (tertiary/aromatic N) is 2. The van der Waals surface area contributed by atoms with Crippen LogP contribution in [0.5, 0.6) is 0 Å². The van der Waals surface area contributed by atoms with Crippen LogP contribution in [0.25, 0.3) is 0 Å². The van der Waals surface area contributed by atoms with E-state index in [-0.39, 0.29) is 30.1 Å². The highest BCUT2D eigenvalue weighted by Crippen LogP contribution is 2.32. The minimum Gasteiger partial charge on any atom is -0.395 e. The topological polar surface area (TPSA) is 89.5 Å². The summed E-state index contributed by atoms with van der Waals surface area (Å²) in [5.74, 6) is 0.0653. The molecule has 1 aliphatic rings. The molecule has 4 N–H and O–H groups in total. The van der Waals surface area contributed by atoms with Gasteiger partial charge in [0.1, 0.15) is 0 Å². The third-order valence-electron chi connectivity index (χ3n) is 6.93. The lowest BCUT2D eigenvalue weighted by Gasteiger charge is -2.24. The predicted molar refractivity (Wildman–Crippen MR) is 162 cm³/mol. The second kappa shape index (κ2) is 12.9. The fourth-order valence-corrected chi connectivity index (χ4v) is 5.35. The van der Waals surface area contributed by atoms with Crippen molar-refractivity contribution < 1.29 is 9.90 Å². The number of pyridine rings is 1. The van der Waals surface area contributed by atoms with Gasteiger partial charge in [0, 0.05) is 19.3 Å². The highest BCUT2D eigenvalue weighted by atomic mass is 35.5. The van der Waals surface area contributed by atoms with Crippen LogP contribution < -0.4 is 16.2 Å². The summed E-state index contributed by atoms with van der Waals surface area (Å²) in [6.45, 7) is 0.413. The minimum atomic E-state index is -0.269. The van der Waals surface area contributed by atoms with Crippen LogP contribution in [-0.4, -0.2) is 39.2 Å². The van der Waals surface area contributed by atoms with E-state index in [2.05, 4.69) is 57.6 Å². The maximum atomic E-state index is 13.2. The number of hydrogen-bond acceptors (Lipinski definition) is 5.